The largest absolute Gasteiger partial charge is 1.20 e. The maximum atomic E-state index is 6.78. The highest BCUT2D eigenvalue weighted by molar-refractivity contribution is 6.40. The van der Waals surface area contributed by atoms with Crippen LogP contribution in [0, 0.1) is 13.8 Å². The van der Waals surface area contributed by atoms with Crippen LogP contribution in [0.3, 0.4) is 0 Å². The molecule has 6 heteroatoms. The van der Waals surface area contributed by atoms with Crippen molar-refractivity contribution in [2.24, 2.45) is 0 Å². The van der Waals surface area contributed by atoms with Gasteiger partial charge in [-0.3, -0.25) is 0 Å². The van der Waals surface area contributed by atoms with Gasteiger partial charge in [0, 0.05) is 27.5 Å². The number of hydrogen-bond acceptors (Lipinski definition) is 5. The Morgan fingerprint density at radius 3 is 1.60 bits per heavy atom. The Morgan fingerprint density at radius 1 is 0.385 bits per heavy atom. The molecule has 9 rings (SSSR count). The molecule has 0 saturated carbocycles. The Balaban J connectivity index is 1.06. The summed E-state index contributed by atoms with van der Waals surface area (Å²) >= 11 is -2.97. The third kappa shape index (κ3) is 6.20. The van der Waals surface area contributed by atoms with Gasteiger partial charge in [0.05, 0.1) is 5.75 Å². The second-order valence-electron chi connectivity index (χ2n) is 13.0. The zero-order valence-electron chi connectivity index (χ0n) is 28.8. The molecule has 0 fully saturated rings. The van der Waals surface area contributed by atoms with Crippen LogP contribution in [0.4, 0.5) is 0 Å². The minimum atomic E-state index is -2.97. The van der Waals surface area contributed by atoms with E-state index in [9.17, 15) is 0 Å². The highest BCUT2D eigenvalue weighted by Gasteiger charge is 2.45. The summed E-state index contributed by atoms with van der Waals surface area (Å²) < 4.78 is 20.2. The molecule has 7 aromatic carbocycles. The summed E-state index contributed by atoms with van der Waals surface area (Å²) in [7, 11) is 0. The summed E-state index contributed by atoms with van der Waals surface area (Å²) in [5, 5.41) is 6.50. The second-order valence-corrected chi connectivity index (χ2v) is 14.3. The summed E-state index contributed by atoms with van der Waals surface area (Å²) in [6.45, 7) is 3.96. The van der Waals surface area contributed by atoms with E-state index in [1.807, 2.05) is 74.5 Å². The van der Waals surface area contributed by atoms with Crippen LogP contribution in [0.15, 0.2) is 164 Å². The van der Waals surface area contributed by atoms with Crippen LogP contribution in [0.2, 0.25) is 0 Å². The molecule has 0 bridgehead atoms. The highest BCUT2D eigenvalue weighted by Crippen LogP contribution is 2.35. The minimum Gasteiger partial charge on any atom is -0.577 e. The van der Waals surface area contributed by atoms with Gasteiger partial charge in [0.25, 0.3) is 0 Å². The number of para-hydroxylation sites is 2. The van der Waals surface area contributed by atoms with Gasteiger partial charge in [-0.1, -0.05) is 127 Å². The van der Waals surface area contributed by atoms with E-state index in [1.165, 1.54) is 21.9 Å². The average molecular weight is 689 g/mol. The third-order valence-electron chi connectivity index (χ3n) is 9.47. The second kappa shape index (κ2) is 13.5. The quantitative estimate of drug-likeness (QED) is 0.149. The topological polar surface area (TPSA) is 53.5 Å². The number of fused-ring (bicyclic) bond motifs is 4. The van der Waals surface area contributed by atoms with Crippen molar-refractivity contribution in [1.82, 2.24) is 9.97 Å². The van der Waals surface area contributed by atoms with E-state index >= 15 is 0 Å². The molecule has 0 radical (unpaired) electrons. The van der Waals surface area contributed by atoms with Crippen molar-refractivity contribution in [3.8, 4) is 39.5 Å². The summed E-state index contributed by atoms with van der Waals surface area (Å²) in [5.74, 6) is 1.94. The van der Waals surface area contributed by atoms with Crippen molar-refractivity contribution in [3.05, 3.63) is 175 Å². The molecule has 5 nitrogen and oxygen atoms in total. The lowest BCUT2D eigenvalue weighted by molar-refractivity contribution is 0.311. The molecule has 52 heavy (non-hydrogen) atoms. The Bertz CT molecular complexity index is 2670. The summed E-state index contributed by atoms with van der Waals surface area (Å²) in [6, 6.07) is 56.4. The molecule has 0 aliphatic heterocycles. The maximum absolute atomic E-state index is 6.78. The number of aromatic nitrogens is 2. The smallest absolute Gasteiger partial charge is 0.577 e. The van der Waals surface area contributed by atoms with E-state index in [0.29, 0.717) is 17.2 Å². The van der Waals surface area contributed by atoms with E-state index < -0.39 is 15.1 Å². The molecule has 0 N–H and O–H groups in total. The van der Waals surface area contributed by atoms with Crippen molar-refractivity contribution < 1.29 is 11.4 Å². The van der Waals surface area contributed by atoms with E-state index in [0.717, 1.165) is 55.1 Å². The van der Waals surface area contributed by atoms with Gasteiger partial charge in [0.15, 0.2) is 0 Å². The molecule has 0 saturated heterocycles. The van der Waals surface area contributed by atoms with Gasteiger partial charge in [-0.15, -0.1) is 0 Å². The molecule has 0 amide bonds. The summed E-state index contributed by atoms with van der Waals surface area (Å²) in [5.41, 5.74) is 8.06. The molecule has 9 aromatic rings. The van der Waals surface area contributed by atoms with Gasteiger partial charge in [0.1, 0.15) is 22.5 Å². The average Bonchev–Trinajstić information content (AvgIpc) is 3.18. The normalized spacial score (nSPS) is 11.3. The molecule has 0 unspecified atom stereocenters. The predicted molar refractivity (Wildman–Crippen MR) is 213 cm³/mol. The fourth-order valence-electron chi connectivity index (χ4n) is 6.86. The fourth-order valence-corrected chi connectivity index (χ4v) is 8.22. The first-order valence-electron chi connectivity index (χ1n) is 17.4. The summed E-state index contributed by atoms with van der Waals surface area (Å²) in [4.78, 5) is 9.60. The highest BCUT2D eigenvalue weighted by atomic mass is 27.3. The van der Waals surface area contributed by atoms with Crippen LogP contribution in [0.5, 0.6) is 17.2 Å². The van der Waals surface area contributed by atoms with Crippen molar-refractivity contribution >= 4 is 58.5 Å². The molecular formula is C46H33AlN2O3. The van der Waals surface area contributed by atoms with Crippen LogP contribution >= 0.6 is 0 Å². The first kappa shape index (κ1) is 31.8. The number of rotatable bonds is 8. The van der Waals surface area contributed by atoms with Crippen LogP contribution in [-0.2, 0) is 0 Å². The minimum absolute atomic E-state index is 0.622. The van der Waals surface area contributed by atoms with E-state index in [-0.39, 0.29) is 0 Å². The van der Waals surface area contributed by atoms with Gasteiger partial charge in [-0.2, -0.15) is 0 Å². The lowest BCUT2D eigenvalue weighted by atomic mass is 9.95. The Labute approximate surface area is 307 Å². The van der Waals surface area contributed by atoms with Gasteiger partial charge < -0.3 is 11.4 Å². The molecular weight excluding hydrogens is 655 g/mol. The number of hydrogen-bond donors (Lipinski definition) is 0. The van der Waals surface area contributed by atoms with Crippen molar-refractivity contribution in [2.45, 2.75) is 13.8 Å². The van der Waals surface area contributed by atoms with Crippen LogP contribution in [0.1, 0.15) is 11.4 Å². The first-order chi connectivity index (χ1) is 25.6. The molecule has 0 aliphatic rings. The zero-order chi connectivity index (χ0) is 35.0. The van der Waals surface area contributed by atoms with Crippen molar-refractivity contribution in [1.29, 1.82) is 0 Å². The lowest BCUT2D eigenvalue weighted by Crippen LogP contribution is -2.37. The zero-order valence-corrected chi connectivity index (χ0v) is 29.9. The maximum Gasteiger partial charge on any atom is 1.20 e. The van der Waals surface area contributed by atoms with Crippen LogP contribution < -0.4 is 11.4 Å². The van der Waals surface area contributed by atoms with Gasteiger partial charge in [0.2, 0.25) is 0 Å². The molecule has 0 spiro atoms. The molecule has 0 aliphatic carbocycles. The van der Waals surface area contributed by atoms with E-state index in [2.05, 4.69) is 103 Å². The van der Waals surface area contributed by atoms with Crippen molar-refractivity contribution in [2.75, 3.05) is 0 Å². The van der Waals surface area contributed by atoms with Gasteiger partial charge >= 0.3 is 15.1 Å². The number of pyridine rings is 2. The SMILES string of the molecule is Cc1ccc2cccc([O][Al]([O]c3cccc4cc(-c5ccc(-c6cccc7ccccc67)cc5)ccc34)[O]c3cccc4ccc(C)nc34)c2n1. The Hall–Kier alpha value is -6.19. The summed E-state index contributed by atoms with van der Waals surface area (Å²) in [6.07, 6.45) is 0. The molecule has 2 heterocycles. The first-order valence-corrected chi connectivity index (χ1v) is 18.8. The number of benzene rings is 7. The molecule has 2 aromatic heterocycles. The standard InChI is InChI=1S/C26H18O.2C10H9NO.Al/c27-26-10-4-7-22-17-21(15-16-25(22)26)18-11-13-20(14-12-18)24-9-3-6-19-5-1-2-8-23(19)24;2*1-7-5-6-8-3-2-4-9(12)10(8)11-7;/h1-17,27H;2*2-6,12H,1H3;/q;;;+3/p-3. The monoisotopic (exact) mass is 688 g/mol. The number of nitrogens with zero attached hydrogens (tertiary/aromatic N) is 2. The van der Waals surface area contributed by atoms with Gasteiger partial charge in [-0.05, 0) is 88.7 Å². The van der Waals surface area contributed by atoms with Gasteiger partial charge in [-0.25, -0.2) is 9.97 Å². The number of aryl methyl sites for hydroxylation is 2. The third-order valence-corrected chi connectivity index (χ3v) is 10.8. The molecule has 0 atom stereocenters. The van der Waals surface area contributed by atoms with Crippen LogP contribution in [0.25, 0.3) is 65.6 Å². The molecule has 248 valence electrons. The van der Waals surface area contributed by atoms with Crippen LogP contribution in [-0.4, -0.2) is 25.1 Å². The lowest BCUT2D eigenvalue weighted by Gasteiger charge is -2.19. The van der Waals surface area contributed by atoms with E-state index in [1.54, 1.807) is 0 Å². The van der Waals surface area contributed by atoms with Crippen molar-refractivity contribution in [3.63, 3.8) is 0 Å². The Morgan fingerprint density at radius 2 is 0.904 bits per heavy atom. The Kier molecular flexibility index (Phi) is 8.25. The predicted octanol–water partition coefficient (Wildman–Crippen LogP) is 11.6. The van der Waals surface area contributed by atoms with E-state index in [4.69, 9.17) is 21.3 Å². The fraction of sp³-hybridized carbons (Fsp3) is 0.0435.